The van der Waals surface area contributed by atoms with Gasteiger partial charge >= 0.3 is 0 Å². The van der Waals surface area contributed by atoms with Gasteiger partial charge in [0.15, 0.2) is 11.6 Å². The Bertz CT molecular complexity index is 362. The molecule has 1 aliphatic carbocycles. The summed E-state index contributed by atoms with van der Waals surface area (Å²) in [5.41, 5.74) is -4.18. The van der Waals surface area contributed by atoms with Gasteiger partial charge in [0.05, 0.1) is 0 Å². The van der Waals surface area contributed by atoms with Gasteiger partial charge in [-0.05, 0) is 20.8 Å². The predicted octanol–water partition coefficient (Wildman–Crippen LogP) is -0.138. The predicted molar refractivity (Wildman–Crippen MR) is 51.2 cm³/mol. The van der Waals surface area contributed by atoms with E-state index in [4.69, 9.17) is 0 Å². The lowest BCUT2D eigenvalue weighted by Gasteiger charge is -2.41. The van der Waals surface area contributed by atoms with Gasteiger partial charge in [-0.2, -0.15) is 0 Å². The van der Waals surface area contributed by atoms with Crippen LogP contribution in [-0.2, 0) is 9.59 Å². The van der Waals surface area contributed by atoms with Crippen LogP contribution in [0.5, 0.6) is 0 Å². The lowest BCUT2D eigenvalue weighted by molar-refractivity contribution is -0.152. The topological polar surface area (TPSA) is 94.8 Å². The van der Waals surface area contributed by atoms with E-state index >= 15 is 0 Å². The molecule has 0 aromatic heterocycles. The normalized spacial score (nSPS) is 37.0. The molecular weight excluding hydrogens is 200 g/mol. The summed E-state index contributed by atoms with van der Waals surface area (Å²) in [5.74, 6) is -2.03. The summed E-state index contributed by atoms with van der Waals surface area (Å²) in [6.45, 7) is 3.52. The first kappa shape index (κ1) is 11.9. The number of allylic oxidation sites excluding steroid dienone is 1. The number of hydrogen-bond acceptors (Lipinski definition) is 5. The molecule has 1 rings (SSSR count). The molecule has 0 saturated heterocycles. The second-order valence-electron chi connectivity index (χ2n) is 4.23. The molecule has 0 fully saturated rings. The zero-order valence-corrected chi connectivity index (χ0v) is 8.87. The zero-order chi connectivity index (χ0) is 12.0. The zero-order valence-electron chi connectivity index (χ0n) is 8.87. The molecular formula is C10H14O5. The molecule has 0 aromatic carbocycles. The van der Waals surface area contributed by atoms with Crippen LogP contribution in [0.25, 0.3) is 0 Å². The maximum absolute atomic E-state index is 11.4. The molecule has 0 spiro atoms. The minimum absolute atomic E-state index is 0.390. The Morgan fingerprint density at radius 3 is 2.20 bits per heavy atom. The number of ketones is 2. The second-order valence-corrected chi connectivity index (χ2v) is 4.23. The highest BCUT2D eigenvalue weighted by atomic mass is 16.4. The molecule has 5 nitrogen and oxygen atoms in total. The molecule has 0 radical (unpaired) electrons. The Morgan fingerprint density at radius 1 is 1.33 bits per heavy atom. The van der Waals surface area contributed by atoms with Gasteiger partial charge in [-0.1, -0.05) is 0 Å². The summed E-state index contributed by atoms with van der Waals surface area (Å²) in [7, 11) is 0. The molecule has 1 aliphatic rings. The summed E-state index contributed by atoms with van der Waals surface area (Å²) in [6, 6.07) is 0. The van der Waals surface area contributed by atoms with Gasteiger partial charge in [0.1, 0.15) is 22.5 Å². The average Bonchev–Trinajstić information content (AvgIpc) is 1.99. The first-order valence-corrected chi connectivity index (χ1v) is 4.54. The van der Waals surface area contributed by atoms with Crippen LogP contribution in [0.4, 0.5) is 0 Å². The molecule has 0 saturated carbocycles. The molecule has 2 atom stereocenters. The van der Waals surface area contributed by atoms with Crippen molar-refractivity contribution in [2.75, 3.05) is 0 Å². The van der Waals surface area contributed by atoms with Crippen LogP contribution in [0.1, 0.15) is 27.2 Å². The highest BCUT2D eigenvalue weighted by Crippen LogP contribution is 2.38. The Labute approximate surface area is 87.0 Å². The van der Waals surface area contributed by atoms with E-state index in [-0.39, 0.29) is 6.42 Å². The number of carbonyl (C=O) groups is 2. The first-order valence-electron chi connectivity index (χ1n) is 4.54. The van der Waals surface area contributed by atoms with Gasteiger partial charge in [0.2, 0.25) is 0 Å². The van der Waals surface area contributed by atoms with E-state index in [9.17, 15) is 24.9 Å². The molecule has 0 heterocycles. The molecule has 84 valence electrons. The van der Waals surface area contributed by atoms with Crippen molar-refractivity contribution in [3.63, 3.8) is 0 Å². The van der Waals surface area contributed by atoms with Gasteiger partial charge in [-0.15, -0.1) is 0 Å². The molecule has 0 aromatic rings. The van der Waals surface area contributed by atoms with Crippen LogP contribution in [0, 0.1) is 0 Å². The van der Waals surface area contributed by atoms with Crippen molar-refractivity contribution in [2.24, 2.45) is 0 Å². The number of aliphatic hydroxyl groups is 3. The fraction of sp³-hybridized carbons (Fsp3) is 0.600. The van der Waals surface area contributed by atoms with E-state index in [2.05, 4.69) is 0 Å². The van der Waals surface area contributed by atoms with E-state index in [1.165, 1.54) is 6.92 Å². The van der Waals surface area contributed by atoms with Crippen molar-refractivity contribution < 1.29 is 24.9 Å². The molecule has 5 heteroatoms. The van der Waals surface area contributed by atoms with Crippen molar-refractivity contribution in [3.8, 4) is 0 Å². The molecule has 0 amide bonds. The number of carbonyl (C=O) groups excluding carboxylic acids is 2. The Morgan fingerprint density at radius 2 is 1.80 bits per heavy atom. The largest absolute Gasteiger partial charge is 0.508 e. The van der Waals surface area contributed by atoms with Crippen LogP contribution in [0.2, 0.25) is 0 Å². The van der Waals surface area contributed by atoms with Gasteiger partial charge in [-0.3, -0.25) is 9.59 Å². The monoisotopic (exact) mass is 214 g/mol. The Balaban J connectivity index is 3.42. The third kappa shape index (κ3) is 1.57. The van der Waals surface area contributed by atoms with E-state index in [1.54, 1.807) is 0 Å². The molecule has 0 bridgehead atoms. The lowest BCUT2D eigenvalue weighted by atomic mass is 9.73. The van der Waals surface area contributed by atoms with Crippen LogP contribution >= 0.6 is 0 Å². The fourth-order valence-electron chi connectivity index (χ4n) is 1.57. The summed E-state index contributed by atoms with van der Waals surface area (Å²) in [5, 5.41) is 29.2. The highest BCUT2D eigenvalue weighted by molar-refractivity contribution is 6.20. The fourth-order valence-corrected chi connectivity index (χ4v) is 1.57. The summed E-state index contributed by atoms with van der Waals surface area (Å²) >= 11 is 0. The standard InChI is InChI=1S/C10H14O5/c1-5(11)7-6(12)4-9(2,14)10(3,15)8(7)13/h13-15H,4H2,1-3H3. The number of hydrogen-bond donors (Lipinski definition) is 3. The third-order valence-electron chi connectivity index (χ3n) is 2.88. The van der Waals surface area contributed by atoms with Crippen LogP contribution in [0.3, 0.4) is 0 Å². The quantitative estimate of drug-likeness (QED) is 0.528. The lowest BCUT2D eigenvalue weighted by Crippen LogP contribution is -2.56. The van der Waals surface area contributed by atoms with Crippen LogP contribution < -0.4 is 0 Å². The van der Waals surface area contributed by atoms with E-state index in [0.29, 0.717) is 0 Å². The van der Waals surface area contributed by atoms with Gasteiger partial charge in [0, 0.05) is 6.42 Å². The number of Topliss-reactive ketones (excluding diaryl/α,β-unsaturated/α-hetero) is 2. The van der Waals surface area contributed by atoms with Gasteiger partial charge in [0.25, 0.3) is 0 Å². The maximum Gasteiger partial charge on any atom is 0.172 e. The highest BCUT2D eigenvalue weighted by Gasteiger charge is 2.52. The summed E-state index contributed by atoms with van der Waals surface area (Å²) in [6.07, 6.45) is -0.390. The minimum atomic E-state index is -1.98. The van der Waals surface area contributed by atoms with E-state index < -0.39 is 34.1 Å². The molecule has 0 aliphatic heterocycles. The Kier molecular flexibility index (Phi) is 2.49. The van der Waals surface area contributed by atoms with Crippen molar-refractivity contribution in [1.82, 2.24) is 0 Å². The second kappa shape index (κ2) is 3.15. The molecule has 3 N–H and O–H groups in total. The number of rotatable bonds is 1. The average molecular weight is 214 g/mol. The van der Waals surface area contributed by atoms with Gasteiger partial charge in [-0.25, -0.2) is 0 Å². The Hall–Kier alpha value is -1.20. The number of aliphatic hydroxyl groups excluding tert-OH is 1. The van der Waals surface area contributed by atoms with Crippen LogP contribution in [0.15, 0.2) is 11.3 Å². The van der Waals surface area contributed by atoms with Crippen molar-refractivity contribution in [2.45, 2.75) is 38.4 Å². The molecule has 15 heavy (non-hydrogen) atoms. The van der Waals surface area contributed by atoms with Gasteiger partial charge < -0.3 is 15.3 Å². The van der Waals surface area contributed by atoms with Crippen molar-refractivity contribution in [1.29, 1.82) is 0 Å². The van der Waals surface area contributed by atoms with E-state index in [1.807, 2.05) is 0 Å². The van der Waals surface area contributed by atoms with Crippen molar-refractivity contribution >= 4 is 11.6 Å². The van der Waals surface area contributed by atoms with E-state index in [0.717, 1.165) is 13.8 Å². The SMILES string of the molecule is CC(=O)C1=C(O)C(C)(O)C(C)(O)CC1=O. The summed E-state index contributed by atoms with van der Waals surface area (Å²) < 4.78 is 0. The minimum Gasteiger partial charge on any atom is -0.508 e. The smallest absolute Gasteiger partial charge is 0.172 e. The molecule has 2 unspecified atom stereocenters. The maximum atomic E-state index is 11.4. The third-order valence-corrected chi connectivity index (χ3v) is 2.88. The van der Waals surface area contributed by atoms with Crippen LogP contribution in [-0.4, -0.2) is 38.1 Å². The van der Waals surface area contributed by atoms with Crippen molar-refractivity contribution in [3.05, 3.63) is 11.3 Å². The first-order chi connectivity index (χ1) is 6.61. The summed E-state index contributed by atoms with van der Waals surface area (Å²) in [4.78, 5) is 22.5.